The summed E-state index contributed by atoms with van der Waals surface area (Å²) in [6.07, 6.45) is 4.88. The fourth-order valence-corrected chi connectivity index (χ4v) is 3.03. The summed E-state index contributed by atoms with van der Waals surface area (Å²) in [5.41, 5.74) is 0.544. The number of nitrogens with one attached hydrogen (secondary N) is 1. The van der Waals surface area contributed by atoms with Crippen molar-refractivity contribution in [1.29, 1.82) is 0 Å². The number of aromatic nitrogens is 2. The smallest absolute Gasteiger partial charge is 0.260 e. The molecule has 2 heterocycles. The van der Waals surface area contributed by atoms with E-state index in [0.29, 0.717) is 36.9 Å². The number of amides is 2. The van der Waals surface area contributed by atoms with Crippen molar-refractivity contribution in [2.45, 2.75) is 12.8 Å². The molecule has 1 aromatic carbocycles. The number of hydrogen-bond acceptors (Lipinski definition) is 4. The first-order chi connectivity index (χ1) is 13.0. The number of hydrogen-bond donors (Lipinski definition) is 1. The second-order valence-electron chi connectivity index (χ2n) is 6.68. The summed E-state index contributed by atoms with van der Waals surface area (Å²) in [5, 5.41) is 6.91. The summed E-state index contributed by atoms with van der Waals surface area (Å²) in [5.74, 6) is 0.253. The fourth-order valence-electron chi connectivity index (χ4n) is 3.03. The summed E-state index contributed by atoms with van der Waals surface area (Å²) < 4.78 is 19.9. The number of rotatable bonds is 6. The molecular formula is C19H23FN4O3. The molecule has 0 unspecified atom stereocenters. The first-order valence-corrected chi connectivity index (χ1v) is 8.94. The Balaban J connectivity index is 1.37. The molecule has 144 valence electrons. The van der Waals surface area contributed by atoms with E-state index in [-0.39, 0.29) is 24.2 Å². The third-order valence-corrected chi connectivity index (χ3v) is 4.66. The zero-order valence-electron chi connectivity index (χ0n) is 15.2. The van der Waals surface area contributed by atoms with Gasteiger partial charge in [0.25, 0.3) is 11.8 Å². The van der Waals surface area contributed by atoms with Crippen LogP contribution in [0.1, 0.15) is 23.2 Å². The molecule has 7 nitrogen and oxygen atoms in total. The third kappa shape index (κ3) is 5.29. The van der Waals surface area contributed by atoms with Crippen LogP contribution in [0.25, 0.3) is 0 Å². The second kappa shape index (κ2) is 8.66. The summed E-state index contributed by atoms with van der Waals surface area (Å²) in [6.45, 7) is 1.80. The predicted octanol–water partition coefficient (Wildman–Crippen LogP) is 1.61. The molecule has 0 aliphatic carbocycles. The van der Waals surface area contributed by atoms with Crippen molar-refractivity contribution in [2.75, 3.05) is 26.2 Å². The number of carbonyl (C=O) groups is 2. The van der Waals surface area contributed by atoms with Gasteiger partial charge in [-0.2, -0.15) is 5.10 Å². The minimum absolute atomic E-state index is 0.0615. The van der Waals surface area contributed by atoms with E-state index < -0.39 is 0 Å². The van der Waals surface area contributed by atoms with Gasteiger partial charge in [-0.25, -0.2) is 4.39 Å². The van der Waals surface area contributed by atoms with Crippen LogP contribution in [0, 0.1) is 11.7 Å². The van der Waals surface area contributed by atoms with Gasteiger partial charge in [0.2, 0.25) is 0 Å². The Kier molecular flexibility index (Phi) is 6.05. The van der Waals surface area contributed by atoms with Crippen LogP contribution in [-0.2, 0) is 11.8 Å². The van der Waals surface area contributed by atoms with Crippen LogP contribution in [0.15, 0.2) is 36.7 Å². The first-order valence-electron chi connectivity index (χ1n) is 8.94. The van der Waals surface area contributed by atoms with Gasteiger partial charge in [0, 0.05) is 32.9 Å². The van der Waals surface area contributed by atoms with E-state index in [9.17, 15) is 14.0 Å². The van der Waals surface area contributed by atoms with E-state index in [1.807, 2.05) is 0 Å². The zero-order valence-corrected chi connectivity index (χ0v) is 15.2. The van der Waals surface area contributed by atoms with E-state index in [0.717, 1.165) is 12.8 Å². The zero-order chi connectivity index (χ0) is 19.2. The molecule has 2 amide bonds. The Morgan fingerprint density at radius 3 is 2.59 bits per heavy atom. The average molecular weight is 374 g/mol. The maximum absolute atomic E-state index is 12.9. The highest BCUT2D eigenvalue weighted by molar-refractivity contribution is 5.93. The summed E-state index contributed by atoms with van der Waals surface area (Å²) in [4.78, 5) is 26.1. The lowest BCUT2D eigenvalue weighted by molar-refractivity contribution is -0.134. The third-order valence-electron chi connectivity index (χ3n) is 4.66. The molecule has 1 saturated heterocycles. The molecule has 1 aliphatic rings. The molecule has 1 aliphatic heterocycles. The lowest BCUT2D eigenvalue weighted by Crippen LogP contribution is -2.43. The first kappa shape index (κ1) is 18.9. The van der Waals surface area contributed by atoms with Crippen molar-refractivity contribution >= 4 is 11.8 Å². The number of ether oxygens (including phenoxy) is 1. The quantitative estimate of drug-likeness (QED) is 0.833. The van der Waals surface area contributed by atoms with Gasteiger partial charge in [0.1, 0.15) is 11.6 Å². The van der Waals surface area contributed by atoms with E-state index in [1.54, 1.807) is 22.8 Å². The largest absolute Gasteiger partial charge is 0.484 e. The number of benzene rings is 1. The lowest BCUT2D eigenvalue weighted by atomic mass is 9.96. The van der Waals surface area contributed by atoms with E-state index in [1.165, 1.54) is 30.5 Å². The molecule has 0 radical (unpaired) electrons. The number of nitrogens with zero attached hydrogens (tertiary/aromatic N) is 3. The van der Waals surface area contributed by atoms with E-state index >= 15 is 0 Å². The minimum Gasteiger partial charge on any atom is -0.484 e. The lowest BCUT2D eigenvalue weighted by Gasteiger charge is -2.32. The molecule has 1 N–H and O–H groups in total. The number of aryl methyl sites for hydroxylation is 1. The average Bonchev–Trinajstić information content (AvgIpc) is 3.12. The molecule has 8 heteroatoms. The fraction of sp³-hybridized carbons (Fsp3) is 0.421. The monoisotopic (exact) mass is 374 g/mol. The Hall–Kier alpha value is -2.90. The van der Waals surface area contributed by atoms with Crippen LogP contribution < -0.4 is 10.1 Å². The van der Waals surface area contributed by atoms with Crippen molar-refractivity contribution in [3.05, 3.63) is 48.0 Å². The van der Waals surface area contributed by atoms with Gasteiger partial charge >= 0.3 is 0 Å². The highest BCUT2D eigenvalue weighted by Crippen LogP contribution is 2.17. The van der Waals surface area contributed by atoms with Crippen molar-refractivity contribution in [2.24, 2.45) is 13.0 Å². The standard InChI is InChI=1S/C19H23FN4O3/c1-23-12-15(11-22-23)19(26)21-10-14-6-8-24(9-7-14)18(25)13-27-17-4-2-16(20)3-5-17/h2-5,11-12,14H,6-10,13H2,1H3,(H,21,26). The highest BCUT2D eigenvalue weighted by Gasteiger charge is 2.23. The normalized spacial score (nSPS) is 14.8. The Morgan fingerprint density at radius 1 is 1.26 bits per heavy atom. The highest BCUT2D eigenvalue weighted by atomic mass is 19.1. The van der Waals surface area contributed by atoms with Crippen LogP contribution in [0.3, 0.4) is 0 Å². The summed E-state index contributed by atoms with van der Waals surface area (Å²) in [7, 11) is 1.77. The molecule has 27 heavy (non-hydrogen) atoms. The van der Waals surface area contributed by atoms with Crippen molar-refractivity contribution in [3.8, 4) is 5.75 Å². The Labute approximate surface area is 157 Å². The molecular weight excluding hydrogens is 351 g/mol. The number of carbonyl (C=O) groups excluding carboxylic acids is 2. The van der Waals surface area contributed by atoms with Crippen molar-refractivity contribution < 1.29 is 18.7 Å². The van der Waals surface area contributed by atoms with Gasteiger partial charge in [-0.05, 0) is 43.0 Å². The second-order valence-corrected chi connectivity index (χ2v) is 6.68. The van der Waals surface area contributed by atoms with Crippen molar-refractivity contribution in [3.63, 3.8) is 0 Å². The molecule has 2 aromatic rings. The predicted molar refractivity (Wildman–Crippen MR) is 96.7 cm³/mol. The summed E-state index contributed by atoms with van der Waals surface area (Å²) in [6, 6.07) is 5.59. The molecule has 1 aromatic heterocycles. The van der Waals surface area contributed by atoms with Crippen LogP contribution in [0.2, 0.25) is 0 Å². The molecule has 1 fully saturated rings. The number of piperidine rings is 1. The van der Waals surface area contributed by atoms with Gasteiger partial charge in [-0.3, -0.25) is 14.3 Å². The van der Waals surface area contributed by atoms with Gasteiger partial charge in [0.05, 0.1) is 11.8 Å². The number of halogens is 1. The van der Waals surface area contributed by atoms with Crippen molar-refractivity contribution in [1.82, 2.24) is 20.0 Å². The van der Waals surface area contributed by atoms with E-state index in [2.05, 4.69) is 10.4 Å². The molecule has 0 spiro atoms. The van der Waals surface area contributed by atoms with Gasteiger partial charge < -0.3 is 15.0 Å². The molecule has 0 saturated carbocycles. The number of likely N-dealkylation sites (tertiary alicyclic amines) is 1. The maximum atomic E-state index is 12.9. The van der Waals surface area contributed by atoms with Crippen LogP contribution in [0.5, 0.6) is 5.75 Å². The van der Waals surface area contributed by atoms with Crippen LogP contribution in [-0.4, -0.2) is 52.7 Å². The SMILES string of the molecule is Cn1cc(C(=O)NCC2CCN(C(=O)COc3ccc(F)cc3)CC2)cn1. The van der Waals surface area contributed by atoms with Gasteiger partial charge in [0.15, 0.2) is 6.61 Å². The Bertz CT molecular complexity index is 783. The topological polar surface area (TPSA) is 76.5 Å². The van der Waals surface area contributed by atoms with Gasteiger partial charge in [-0.15, -0.1) is 0 Å². The summed E-state index contributed by atoms with van der Waals surface area (Å²) >= 11 is 0. The van der Waals surface area contributed by atoms with E-state index in [4.69, 9.17) is 4.74 Å². The maximum Gasteiger partial charge on any atom is 0.260 e. The van der Waals surface area contributed by atoms with Crippen LogP contribution >= 0.6 is 0 Å². The van der Waals surface area contributed by atoms with Gasteiger partial charge in [-0.1, -0.05) is 0 Å². The minimum atomic E-state index is -0.341. The molecule has 3 rings (SSSR count). The van der Waals surface area contributed by atoms with Crippen LogP contribution in [0.4, 0.5) is 4.39 Å². The Morgan fingerprint density at radius 2 is 1.96 bits per heavy atom. The molecule has 0 bridgehead atoms. The molecule has 0 atom stereocenters.